The zero-order chi connectivity index (χ0) is 43.1. The van der Waals surface area contributed by atoms with E-state index in [-0.39, 0.29) is 55.4 Å². The van der Waals surface area contributed by atoms with Crippen molar-refractivity contribution in [3.63, 3.8) is 0 Å². The molecule has 3 fully saturated rings. The van der Waals surface area contributed by atoms with Crippen LogP contribution in [-0.4, -0.2) is 126 Å². The lowest BCUT2D eigenvalue weighted by molar-refractivity contribution is -0.302. The van der Waals surface area contributed by atoms with Gasteiger partial charge in [0.1, 0.15) is 24.0 Å². The molecule has 58 heavy (non-hydrogen) atoms. The number of rotatable bonds is 7. The first kappa shape index (κ1) is 47.9. The molecule has 0 aromatic heterocycles. The maximum absolute atomic E-state index is 14.3. The molecule has 1 saturated carbocycles. The first-order valence-electron chi connectivity index (χ1n) is 21.3. The highest BCUT2D eigenvalue weighted by Gasteiger charge is 2.56. The van der Waals surface area contributed by atoms with Crippen LogP contribution in [0.25, 0.3) is 0 Å². The molecule has 0 unspecified atom stereocenters. The lowest BCUT2D eigenvalue weighted by Crippen LogP contribution is -2.64. The Morgan fingerprint density at radius 2 is 1.59 bits per heavy atom. The number of methoxy groups -OCH3 is 3. The fraction of sp³-hybridized carbons (Fsp3) is 0.778. The topological polar surface area (TPSA) is 178 Å². The Balaban J connectivity index is 1.80. The summed E-state index contributed by atoms with van der Waals surface area (Å²) in [5, 5.41) is 34.3. The van der Waals surface area contributed by atoms with Gasteiger partial charge >= 0.3 is 5.97 Å². The summed E-state index contributed by atoms with van der Waals surface area (Å²) in [6.45, 7) is 15.2. The molecule has 0 aromatic carbocycles. The highest BCUT2D eigenvalue weighted by Crippen LogP contribution is 2.40. The largest absolute Gasteiger partial charge is 0.456 e. The maximum atomic E-state index is 14.3. The van der Waals surface area contributed by atoms with Crippen molar-refractivity contribution in [2.24, 2.45) is 35.5 Å². The lowest BCUT2D eigenvalue weighted by atomic mass is 9.79. The summed E-state index contributed by atoms with van der Waals surface area (Å²) in [7, 11) is 4.62. The highest BCUT2D eigenvalue weighted by atomic mass is 16.7. The summed E-state index contributed by atoms with van der Waals surface area (Å²) in [4.78, 5) is 58.1. The number of aliphatic hydroxyl groups excluding tert-OH is 2. The van der Waals surface area contributed by atoms with Crippen molar-refractivity contribution < 1.29 is 58.2 Å². The number of amides is 1. The van der Waals surface area contributed by atoms with Gasteiger partial charge in [0.15, 0.2) is 0 Å². The van der Waals surface area contributed by atoms with Crippen molar-refractivity contribution in [2.45, 2.75) is 160 Å². The molecular formula is C45H71NO12. The van der Waals surface area contributed by atoms with Gasteiger partial charge in [0, 0.05) is 52.0 Å². The van der Waals surface area contributed by atoms with Gasteiger partial charge in [0.05, 0.1) is 30.5 Å². The molecule has 4 rings (SSSR count). The summed E-state index contributed by atoms with van der Waals surface area (Å²) in [6.07, 6.45) is 4.26. The number of ether oxygens (including phenoxy) is 5. The molecule has 0 radical (unpaired) electrons. The average molecular weight is 818 g/mol. The number of ketones is 2. The quantitative estimate of drug-likeness (QED) is 0.181. The highest BCUT2D eigenvalue weighted by molar-refractivity contribution is 6.39. The fourth-order valence-corrected chi connectivity index (χ4v) is 9.47. The second-order valence-corrected chi connectivity index (χ2v) is 17.6. The molecule has 3 N–H and O–H groups in total. The predicted molar refractivity (Wildman–Crippen MR) is 217 cm³/mol. The molecule has 13 heteroatoms. The molecule has 3 heterocycles. The maximum Gasteiger partial charge on any atom is 0.329 e. The number of nitrogens with zero attached hydrogens (tertiary/aromatic N) is 1. The minimum atomic E-state index is -2.52. The molecule has 15 atom stereocenters. The Bertz CT molecular complexity index is 1510. The zero-order valence-corrected chi connectivity index (χ0v) is 36.3. The molecular weight excluding hydrogens is 746 g/mol. The molecule has 2 saturated heterocycles. The number of Topliss-reactive ketones (excluding diaryl/α,β-unsaturated/α-hetero) is 2. The number of hydrogen-bond donors (Lipinski definition) is 3. The number of carbonyl (C=O) groups is 4. The standard InChI is InChI=1S/C45H71NO12/c1-11-14-32-20-25(2)29(6)26(3)21-38(55-9)41-39(56-10)22-28(5)45(53,58-41)42(50)43(51)46-18-13-12-15-33(46)44(52)57-40(30(7)35(48)24-36(32)49)27(4)19-31-16-17-34(47)37(23-31)54-8/h11,19-20,26,28-35,37-41,47-48,53H,1,12-18,21-24H2,2-10H3/b25-20?,27-19+/t26-,28-,29+,30-,31+,32-,33+,34-,35+,37-,38+,39+,40-,41-,45-/m1/s1. The predicted octanol–water partition coefficient (Wildman–Crippen LogP) is 4.89. The summed E-state index contributed by atoms with van der Waals surface area (Å²) in [6, 6.07) is -1.15. The molecule has 0 aromatic rings. The van der Waals surface area contributed by atoms with Gasteiger partial charge in [-0.25, -0.2) is 4.79 Å². The first-order chi connectivity index (χ1) is 27.4. The van der Waals surface area contributed by atoms with Crippen LogP contribution >= 0.6 is 0 Å². The number of carbonyl (C=O) groups excluding carboxylic acids is 4. The van der Waals surface area contributed by atoms with E-state index in [1.54, 1.807) is 27.0 Å². The summed E-state index contributed by atoms with van der Waals surface area (Å²) >= 11 is 0. The van der Waals surface area contributed by atoms with Crippen LogP contribution in [0.2, 0.25) is 0 Å². The molecule has 4 aliphatic rings. The number of esters is 1. The second-order valence-electron chi connectivity index (χ2n) is 17.6. The van der Waals surface area contributed by atoms with Crippen LogP contribution in [-0.2, 0) is 42.9 Å². The van der Waals surface area contributed by atoms with Crippen LogP contribution in [0.5, 0.6) is 0 Å². The number of aliphatic hydroxyl groups is 3. The third-order valence-corrected chi connectivity index (χ3v) is 13.7. The number of allylic oxidation sites excluding steroid dienone is 4. The van der Waals surface area contributed by atoms with Gasteiger partial charge < -0.3 is 43.9 Å². The second kappa shape index (κ2) is 21.1. The smallest absolute Gasteiger partial charge is 0.329 e. The number of cyclic esters (lactones) is 1. The van der Waals surface area contributed by atoms with Crippen molar-refractivity contribution >= 4 is 23.4 Å². The molecule has 1 amide bonds. The van der Waals surface area contributed by atoms with Gasteiger partial charge in [-0.15, -0.1) is 6.58 Å². The van der Waals surface area contributed by atoms with Crippen LogP contribution < -0.4 is 0 Å². The summed E-state index contributed by atoms with van der Waals surface area (Å²) < 4.78 is 29.9. The van der Waals surface area contributed by atoms with Gasteiger partial charge in [-0.2, -0.15) is 0 Å². The van der Waals surface area contributed by atoms with E-state index >= 15 is 0 Å². The molecule has 3 aliphatic heterocycles. The van der Waals surface area contributed by atoms with Crippen LogP contribution in [0.1, 0.15) is 106 Å². The van der Waals surface area contributed by atoms with Crippen molar-refractivity contribution in [1.82, 2.24) is 4.90 Å². The van der Waals surface area contributed by atoms with E-state index in [0.717, 1.165) is 5.57 Å². The van der Waals surface area contributed by atoms with Crippen LogP contribution in [0.3, 0.4) is 0 Å². The SMILES string of the molecule is C=CC[C@@H]1C=C(C)[C@H](C)[C@H](C)C[C@H](OC)[C@H]2O[C@@](O)(C(=O)C(=O)N3CCCC[C@H]3C(=O)O[C@H](/C(C)=C/[C@@H]3CC[C@@H](O)[C@H](OC)C3)[C@H](C)[C@@H](O)CC1=O)[C@H](C)C[C@@H]2OC. The van der Waals surface area contributed by atoms with E-state index in [1.807, 2.05) is 26.0 Å². The lowest BCUT2D eigenvalue weighted by Gasteiger charge is -2.47. The van der Waals surface area contributed by atoms with E-state index in [0.29, 0.717) is 50.5 Å². The third kappa shape index (κ3) is 10.9. The summed E-state index contributed by atoms with van der Waals surface area (Å²) in [5.41, 5.74) is 1.61. The van der Waals surface area contributed by atoms with Crippen LogP contribution in [0.15, 0.2) is 36.0 Å². The molecule has 2 bridgehead atoms. The monoisotopic (exact) mass is 817 g/mol. The van der Waals surface area contributed by atoms with E-state index in [1.165, 1.54) is 19.1 Å². The van der Waals surface area contributed by atoms with E-state index < -0.39 is 83.9 Å². The minimum absolute atomic E-state index is 0.0134. The van der Waals surface area contributed by atoms with E-state index in [9.17, 15) is 34.5 Å². The van der Waals surface area contributed by atoms with Gasteiger partial charge in [0.25, 0.3) is 11.7 Å². The molecule has 328 valence electrons. The first-order valence-corrected chi connectivity index (χ1v) is 21.3. The molecule has 0 spiro atoms. The van der Waals surface area contributed by atoms with Crippen LogP contribution in [0, 0.1) is 35.5 Å². The van der Waals surface area contributed by atoms with Gasteiger partial charge in [-0.3, -0.25) is 14.4 Å². The number of hydrogen-bond acceptors (Lipinski definition) is 12. The van der Waals surface area contributed by atoms with Crippen molar-refractivity contribution in [3.8, 4) is 0 Å². The minimum Gasteiger partial charge on any atom is -0.456 e. The third-order valence-electron chi connectivity index (χ3n) is 13.7. The Morgan fingerprint density at radius 1 is 0.931 bits per heavy atom. The Hall–Kier alpha value is -2.78. The molecule has 1 aliphatic carbocycles. The van der Waals surface area contributed by atoms with E-state index in [2.05, 4.69) is 20.4 Å². The van der Waals surface area contributed by atoms with E-state index in [4.69, 9.17) is 23.7 Å². The molecule has 13 nitrogen and oxygen atoms in total. The Morgan fingerprint density at radius 3 is 2.22 bits per heavy atom. The van der Waals surface area contributed by atoms with Crippen molar-refractivity contribution in [1.29, 1.82) is 0 Å². The normalized spacial score (nSPS) is 40.9. The average Bonchev–Trinajstić information content (AvgIpc) is 3.21. The van der Waals surface area contributed by atoms with Crippen LogP contribution in [0.4, 0.5) is 0 Å². The number of fused-ring (bicyclic) bond motifs is 3. The van der Waals surface area contributed by atoms with Crippen molar-refractivity contribution in [2.75, 3.05) is 27.9 Å². The van der Waals surface area contributed by atoms with Gasteiger partial charge in [0.2, 0.25) is 5.79 Å². The van der Waals surface area contributed by atoms with Gasteiger partial charge in [-0.05, 0) is 95.0 Å². The Kier molecular flexibility index (Phi) is 17.5. The Labute approximate surface area is 345 Å². The van der Waals surface area contributed by atoms with Crippen molar-refractivity contribution in [3.05, 3.63) is 36.0 Å². The van der Waals surface area contributed by atoms with Gasteiger partial charge in [-0.1, -0.05) is 51.5 Å². The number of piperidine rings is 1. The summed E-state index contributed by atoms with van der Waals surface area (Å²) in [5.74, 6) is -7.87. The zero-order valence-electron chi connectivity index (χ0n) is 36.3. The fourth-order valence-electron chi connectivity index (χ4n) is 9.47.